The van der Waals surface area contributed by atoms with E-state index in [1.807, 2.05) is 43.0 Å². The zero-order valence-corrected chi connectivity index (χ0v) is 31.7. The van der Waals surface area contributed by atoms with Crippen LogP contribution in [-0.4, -0.2) is 79.7 Å². The molecule has 4 aliphatic rings. The zero-order chi connectivity index (χ0) is 38.1. The lowest BCUT2D eigenvalue weighted by molar-refractivity contribution is -0.131. The Bertz CT molecular complexity index is 2280. The highest BCUT2D eigenvalue weighted by atomic mass is 16.6. The molecule has 284 valence electrons. The summed E-state index contributed by atoms with van der Waals surface area (Å²) in [5, 5.41) is 4.77. The van der Waals surface area contributed by atoms with E-state index >= 15 is 0 Å². The molecule has 2 unspecified atom stereocenters. The number of aromatic amines is 2. The number of fused-ring (bicyclic) bond motifs is 3. The molecule has 4 heterocycles. The summed E-state index contributed by atoms with van der Waals surface area (Å²) >= 11 is 0. The predicted molar refractivity (Wildman–Crippen MR) is 208 cm³/mol. The maximum atomic E-state index is 13.2. The maximum Gasteiger partial charge on any atom is 0.411 e. The topological polar surface area (TPSA) is 146 Å². The first-order chi connectivity index (χ1) is 26.5. The molecule has 3 N–H and O–H groups in total. The molecule has 2 aliphatic carbocycles. The average molecular weight is 742 g/mol. The van der Waals surface area contributed by atoms with Gasteiger partial charge in [-0.15, -0.1) is 0 Å². The Hall–Kier alpha value is -5.65. The van der Waals surface area contributed by atoms with E-state index in [0.717, 1.165) is 94.6 Å². The molecule has 5 aromatic rings. The van der Waals surface area contributed by atoms with E-state index in [1.54, 1.807) is 0 Å². The smallest absolute Gasteiger partial charge is 0.411 e. The van der Waals surface area contributed by atoms with E-state index in [-0.39, 0.29) is 42.1 Å². The summed E-state index contributed by atoms with van der Waals surface area (Å²) in [6.07, 6.45) is 9.02. The SMILES string of the molecule is COC(=O)NCC(=O)N1CC2(CC2)C[C@H]1c1ncc(-c2ccc3cc(-c4ccc(-c5cnc([C@@H]6C7CCC(C7)N6C(=O)OC(C)(C)C)[nH]5)cc4)ccc3c2)[nH]1. The molecule has 2 aromatic heterocycles. The van der Waals surface area contributed by atoms with Crippen LogP contribution in [0, 0.1) is 11.3 Å². The van der Waals surface area contributed by atoms with Crippen molar-refractivity contribution in [2.45, 2.75) is 83.0 Å². The van der Waals surface area contributed by atoms with Gasteiger partial charge in [0.2, 0.25) is 5.91 Å². The molecule has 3 aromatic carbocycles. The third-order valence-electron chi connectivity index (χ3n) is 12.0. The lowest BCUT2D eigenvalue weighted by atomic mass is 9.98. The molecule has 9 rings (SSSR count). The van der Waals surface area contributed by atoms with Crippen molar-refractivity contribution in [3.8, 4) is 33.6 Å². The molecule has 3 amide bonds. The first-order valence-corrected chi connectivity index (χ1v) is 19.3. The van der Waals surface area contributed by atoms with Crippen molar-refractivity contribution in [3.05, 3.63) is 84.7 Å². The number of nitrogens with zero attached hydrogens (tertiary/aromatic N) is 4. The van der Waals surface area contributed by atoms with Crippen LogP contribution in [0.15, 0.2) is 73.1 Å². The summed E-state index contributed by atoms with van der Waals surface area (Å²) in [5.74, 6) is 1.84. The lowest BCUT2D eigenvalue weighted by Gasteiger charge is -2.35. The second-order valence-corrected chi connectivity index (χ2v) is 16.9. The number of piperidine rings is 1. The second-order valence-electron chi connectivity index (χ2n) is 16.9. The third kappa shape index (κ3) is 6.72. The quantitative estimate of drug-likeness (QED) is 0.153. The standard InChI is InChI=1S/C43H47N7O5/c1-42(2,3)55-41(53)50-32-14-13-31(19-32)37(50)39-45-21-33(48-39)26-7-5-25(6-8-26)27-9-10-29-18-30(12-11-28(29)17-27)34-22-44-38(47-34)35-20-43(15-16-43)24-49(35)36(51)23-46-40(52)54-4/h5-12,17-18,21-22,31-32,35,37H,13-16,19-20,23-24H2,1-4H3,(H,44,47)(H,45,48)(H,46,52)/t31?,32?,35-,37-/m0/s1. The molecule has 4 fully saturated rings. The molecule has 12 nitrogen and oxygen atoms in total. The minimum atomic E-state index is -0.618. The number of H-pyrrole nitrogens is 2. The summed E-state index contributed by atoms with van der Waals surface area (Å²) in [5.41, 5.74) is 5.73. The Morgan fingerprint density at radius 2 is 1.49 bits per heavy atom. The van der Waals surface area contributed by atoms with Crippen molar-refractivity contribution in [1.82, 2.24) is 35.1 Å². The number of hydrogen-bond donors (Lipinski definition) is 3. The van der Waals surface area contributed by atoms with Gasteiger partial charge in [-0.3, -0.25) is 9.69 Å². The van der Waals surface area contributed by atoms with Gasteiger partial charge in [0.05, 0.1) is 43.0 Å². The van der Waals surface area contributed by atoms with Gasteiger partial charge in [-0.05, 0) is 110 Å². The molecule has 2 bridgehead atoms. The Labute approximate surface area is 320 Å². The lowest BCUT2D eigenvalue weighted by Crippen LogP contribution is -2.43. The van der Waals surface area contributed by atoms with E-state index < -0.39 is 11.7 Å². The van der Waals surface area contributed by atoms with Crippen LogP contribution in [0.5, 0.6) is 0 Å². The molecule has 1 spiro atoms. The average Bonchev–Trinajstić information content (AvgIpc) is 3.80. The van der Waals surface area contributed by atoms with Gasteiger partial charge >= 0.3 is 12.2 Å². The number of rotatable bonds is 7. The van der Waals surface area contributed by atoms with Crippen LogP contribution in [0.3, 0.4) is 0 Å². The molecular weight excluding hydrogens is 695 g/mol. The minimum Gasteiger partial charge on any atom is -0.453 e. The van der Waals surface area contributed by atoms with Gasteiger partial charge in [-0.2, -0.15) is 0 Å². The van der Waals surface area contributed by atoms with E-state index in [4.69, 9.17) is 14.7 Å². The fraction of sp³-hybridized carbons (Fsp3) is 0.419. The molecule has 12 heteroatoms. The number of nitrogens with one attached hydrogen (secondary N) is 3. The molecule has 0 radical (unpaired) electrons. The Morgan fingerprint density at radius 3 is 2.20 bits per heavy atom. The fourth-order valence-corrected chi connectivity index (χ4v) is 9.06. The number of likely N-dealkylation sites (tertiary alicyclic amines) is 2. The normalized spacial score (nSPS) is 22.4. The van der Waals surface area contributed by atoms with Crippen LogP contribution in [0.1, 0.15) is 83.0 Å². The fourth-order valence-electron chi connectivity index (χ4n) is 9.06. The monoisotopic (exact) mass is 741 g/mol. The molecule has 4 atom stereocenters. The molecule has 2 aliphatic heterocycles. The van der Waals surface area contributed by atoms with Gasteiger partial charge in [0, 0.05) is 18.2 Å². The Balaban J connectivity index is 0.890. The summed E-state index contributed by atoms with van der Waals surface area (Å²) in [6, 6.07) is 21.3. The molecule has 55 heavy (non-hydrogen) atoms. The van der Waals surface area contributed by atoms with Crippen molar-refractivity contribution in [1.29, 1.82) is 0 Å². The predicted octanol–water partition coefficient (Wildman–Crippen LogP) is 8.16. The third-order valence-corrected chi connectivity index (χ3v) is 12.0. The highest BCUT2D eigenvalue weighted by molar-refractivity contribution is 5.90. The number of carbonyl (C=O) groups is 3. The first kappa shape index (κ1) is 35.1. The number of imidazole rings is 2. The van der Waals surface area contributed by atoms with Crippen molar-refractivity contribution < 1.29 is 23.9 Å². The summed E-state index contributed by atoms with van der Waals surface area (Å²) in [7, 11) is 1.29. The zero-order valence-electron chi connectivity index (χ0n) is 31.7. The number of benzene rings is 3. The number of carbonyl (C=O) groups excluding carboxylic acids is 3. The van der Waals surface area contributed by atoms with Crippen LogP contribution in [0.4, 0.5) is 9.59 Å². The minimum absolute atomic E-state index is 0.0959. The Morgan fingerprint density at radius 1 is 0.855 bits per heavy atom. The number of amides is 3. The number of aromatic nitrogens is 4. The van der Waals surface area contributed by atoms with E-state index in [1.165, 1.54) is 7.11 Å². The van der Waals surface area contributed by atoms with Crippen molar-refractivity contribution in [3.63, 3.8) is 0 Å². The molecular formula is C43H47N7O5. The van der Waals surface area contributed by atoms with Gasteiger partial charge in [0.1, 0.15) is 23.8 Å². The van der Waals surface area contributed by atoms with Crippen LogP contribution in [0.25, 0.3) is 44.4 Å². The Kier molecular flexibility index (Phi) is 8.47. The summed E-state index contributed by atoms with van der Waals surface area (Å²) < 4.78 is 10.4. The van der Waals surface area contributed by atoms with E-state index in [2.05, 4.69) is 80.7 Å². The van der Waals surface area contributed by atoms with Crippen LogP contribution >= 0.6 is 0 Å². The van der Waals surface area contributed by atoms with Gasteiger partial charge < -0.3 is 29.7 Å². The summed E-state index contributed by atoms with van der Waals surface area (Å²) in [6.45, 7) is 6.30. The molecule has 2 saturated carbocycles. The van der Waals surface area contributed by atoms with Gasteiger partial charge in [0.25, 0.3) is 0 Å². The van der Waals surface area contributed by atoms with Crippen LogP contribution in [0.2, 0.25) is 0 Å². The van der Waals surface area contributed by atoms with Gasteiger partial charge in [-0.1, -0.05) is 48.5 Å². The number of ether oxygens (including phenoxy) is 2. The molecule has 2 saturated heterocycles. The van der Waals surface area contributed by atoms with E-state index in [9.17, 15) is 14.4 Å². The van der Waals surface area contributed by atoms with Crippen LogP contribution in [-0.2, 0) is 14.3 Å². The van der Waals surface area contributed by atoms with Gasteiger partial charge in [-0.25, -0.2) is 19.6 Å². The highest BCUT2D eigenvalue weighted by Crippen LogP contribution is 2.58. The van der Waals surface area contributed by atoms with Crippen molar-refractivity contribution >= 4 is 28.9 Å². The van der Waals surface area contributed by atoms with Crippen molar-refractivity contribution in [2.24, 2.45) is 11.3 Å². The maximum absolute atomic E-state index is 13.2. The van der Waals surface area contributed by atoms with Crippen LogP contribution < -0.4 is 5.32 Å². The summed E-state index contributed by atoms with van der Waals surface area (Å²) in [4.78, 5) is 58.3. The number of alkyl carbamates (subject to hydrolysis) is 1. The van der Waals surface area contributed by atoms with Crippen molar-refractivity contribution in [2.75, 3.05) is 20.2 Å². The second kappa shape index (κ2) is 13.3. The van der Waals surface area contributed by atoms with E-state index in [0.29, 0.717) is 12.5 Å². The largest absolute Gasteiger partial charge is 0.453 e. The number of hydrogen-bond acceptors (Lipinski definition) is 7. The first-order valence-electron chi connectivity index (χ1n) is 19.3. The highest BCUT2D eigenvalue weighted by Gasteiger charge is 2.54. The van der Waals surface area contributed by atoms with Gasteiger partial charge in [0.15, 0.2) is 0 Å². The number of methoxy groups -OCH3 is 1.